The number of Topliss-reactive ketones (excluding diaryl/α,β-unsaturated/α-hetero) is 1. The summed E-state index contributed by atoms with van der Waals surface area (Å²) in [7, 11) is 1.63. The molecule has 2 N–H and O–H groups in total. The van der Waals surface area contributed by atoms with Crippen LogP contribution in [0.4, 0.5) is 10.8 Å². The molecule has 2 heterocycles. The van der Waals surface area contributed by atoms with Gasteiger partial charge in [0, 0.05) is 28.7 Å². The first kappa shape index (κ1) is 17.5. The summed E-state index contributed by atoms with van der Waals surface area (Å²) in [4.78, 5) is 15.5. The lowest BCUT2D eigenvalue weighted by Gasteiger charge is -2.04. The highest BCUT2D eigenvalue weighted by Crippen LogP contribution is 2.29. The number of carbonyl (C=O) groups is 1. The molecule has 0 unspecified atom stereocenters. The quantitative estimate of drug-likeness (QED) is 0.476. The molecule has 0 spiro atoms. The predicted octanol–water partition coefficient (Wildman–Crippen LogP) is 4.21. The minimum absolute atomic E-state index is 0.0874. The molecule has 6 nitrogen and oxygen atoms in total. The van der Waals surface area contributed by atoms with E-state index in [-0.39, 0.29) is 5.78 Å². The van der Waals surface area contributed by atoms with E-state index < -0.39 is 0 Å². The molecule has 0 aliphatic rings. The fourth-order valence-electron chi connectivity index (χ4n) is 2.36. The average molecular weight is 374 g/mol. The molecule has 3 aromatic rings. The molecule has 130 valence electrons. The van der Waals surface area contributed by atoms with Crippen molar-refractivity contribution in [3.05, 3.63) is 47.3 Å². The van der Waals surface area contributed by atoms with Crippen LogP contribution in [0.5, 0.6) is 5.75 Å². The molecule has 0 aliphatic heterocycles. The second kappa shape index (κ2) is 7.71. The van der Waals surface area contributed by atoms with E-state index in [0.717, 1.165) is 32.7 Å². The fraction of sp³-hybridized carbons (Fsp3) is 0.235. The van der Waals surface area contributed by atoms with Crippen molar-refractivity contribution < 1.29 is 9.53 Å². The number of ketones is 1. The van der Waals surface area contributed by atoms with Crippen LogP contribution in [-0.2, 0) is 0 Å². The van der Waals surface area contributed by atoms with Gasteiger partial charge in [0.15, 0.2) is 10.1 Å². The van der Waals surface area contributed by atoms with Crippen molar-refractivity contribution in [2.45, 2.75) is 18.2 Å². The largest absolute Gasteiger partial charge is 0.497 e. The molecule has 0 fully saturated rings. The molecule has 2 aromatic heterocycles. The number of aromatic amines is 1. The number of aryl methyl sites for hydroxylation is 2. The second-order valence-electron chi connectivity index (χ2n) is 5.43. The van der Waals surface area contributed by atoms with Gasteiger partial charge in [-0.2, -0.15) is 0 Å². The normalized spacial score (nSPS) is 10.7. The van der Waals surface area contributed by atoms with Crippen molar-refractivity contribution in [2.75, 3.05) is 18.2 Å². The van der Waals surface area contributed by atoms with Gasteiger partial charge in [-0.3, -0.25) is 4.79 Å². The minimum atomic E-state index is 0.0874. The third-order valence-electron chi connectivity index (χ3n) is 3.50. The van der Waals surface area contributed by atoms with Gasteiger partial charge in [-0.15, -0.1) is 10.2 Å². The van der Waals surface area contributed by atoms with Gasteiger partial charge in [0.25, 0.3) is 0 Å². The number of hydrogen-bond acceptors (Lipinski definition) is 7. The first-order valence-corrected chi connectivity index (χ1v) is 9.42. The van der Waals surface area contributed by atoms with Crippen molar-refractivity contribution >= 4 is 39.7 Å². The number of hydrogen-bond donors (Lipinski definition) is 2. The molecule has 0 saturated carbocycles. The van der Waals surface area contributed by atoms with Crippen LogP contribution in [0, 0.1) is 13.8 Å². The van der Waals surface area contributed by atoms with Crippen LogP contribution in [0.1, 0.15) is 21.7 Å². The maximum Gasteiger partial charge on any atom is 0.210 e. The third-order valence-corrected chi connectivity index (χ3v) is 5.48. The lowest BCUT2D eigenvalue weighted by molar-refractivity contribution is 0.102. The van der Waals surface area contributed by atoms with Crippen LogP contribution in [-0.4, -0.2) is 33.8 Å². The van der Waals surface area contributed by atoms with Crippen LogP contribution >= 0.6 is 23.1 Å². The zero-order chi connectivity index (χ0) is 17.8. The molecule has 0 amide bonds. The van der Waals surface area contributed by atoms with E-state index in [1.165, 1.54) is 23.1 Å². The minimum Gasteiger partial charge on any atom is -0.497 e. The molecule has 0 bridgehead atoms. The Balaban J connectivity index is 1.60. The molecule has 1 aromatic carbocycles. The topological polar surface area (TPSA) is 79.9 Å². The molecule has 0 saturated heterocycles. The van der Waals surface area contributed by atoms with Gasteiger partial charge < -0.3 is 15.0 Å². The first-order valence-electron chi connectivity index (χ1n) is 7.62. The van der Waals surface area contributed by atoms with E-state index in [0.29, 0.717) is 10.9 Å². The average Bonchev–Trinajstić information content (AvgIpc) is 3.18. The summed E-state index contributed by atoms with van der Waals surface area (Å²) in [5, 5.41) is 12.1. The Hall–Kier alpha value is -2.32. The third kappa shape index (κ3) is 4.40. The number of H-pyrrole nitrogens is 1. The van der Waals surface area contributed by atoms with E-state index in [1.807, 2.05) is 44.2 Å². The van der Waals surface area contributed by atoms with Crippen molar-refractivity contribution in [2.24, 2.45) is 0 Å². The Morgan fingerprint density at radius 1 is 1.32 bits per heavy atom. The van der Waals surface area contributed by atoms with Crippen molar-refractivity contribution in [1.29, 1.82) is 0 Å². The van der Waals surface area contributed by atoms with Crippen molar-refractivity contribution in [3.8, 4) is 5.75 Å². The Kier molecular flexibility index (Phi) is 5.40. The number of carbonyl (C=O) groups excluding carboxylic acids is 1. The van der Waals surface area contributed by atoms with E-state index in [4.69, 9.17) is 4.74 Å². The van der Waals surface area contributed by atoms with Gasteiger partial charge in [-0.1, -0.05) is 29.2 Å². The summed E-state index contributed by atoms with van der Waals surface area (Å²) in [5.74, 6) is 1.20. The van der Waals surface area contributed by atoms with Crippen LogP contribution in [0.15, 0.2) is 34.7 Å². The highest BCUT2D eigenvalue weighted by atomic mass is 32.2. The van der Waals surface area contributed by atoms with Gasteiger partial charge in [0.05, 0.1) is 12.9 Å². The molecule has 0 radical (unpaired) electrons. The standard InChI is InChI=1S/C17H18N4O2S2/c1-10-7-14(11(2)18-10)15(22)9-24-17-21-20-16(25-17)19-12-5-4-6-13(8-12)23-3/h4-8,18H,9H2,1-3H3,(H,19,20). The maximum atomic E-state index is 12.3. The Labute approximate surface area is 154 Å². The summed E-state index contributed by atoms with van der Waals surface area (Å²) in [6.45, 7) is 3.85. The SMILES string of the molecule is COc1cccc(Nc2nnc(SCC(=O)c3cc(C)[nH]c3C)s2)c1. The number of ether oxygens (including phenoxy) is 1. The molecular weight excluding hydrogens is 356 g/mol. The van der Waals surface area contributed by atoms with E-state index >= 15 is 0 Å². The van der Waals surface area contributed by atoms with Gasteiger partial charge in [-0.25, -0.2) is 0 Å². The number of benzene rings is 1. The van der Waals surface area contributed by atoms with E-state index in [2.05, 4.69) is 20.5 Å². The van der Waals surface area contributed by atoms with Gasteiger partial charge in [0.1, 0.15) is 5.75 Å². The summed E-state index contributed by atoms with van der Waals surface area (Å²) in [6, 6.07) is 9.47. The fourth-order valence-corrected chi connectivity index (χ4v) is 4.02. The molecule has 0 atom stereocenters. The number of nitrogens with zero attached hydrogens (tertiary/aromatic N) is 2. The number of rotatable bonds is 7. The first-order chi connectivity index (χ1) is 12.0. The Bertz CT molecular complexity index is 888. The molecule has 25 heavy (non-hydrogen) atoms. The van der Waals surface area contributed by atoms with E-state index in [1.54, 1.807) is 7.11 Å². The van der Waals surface area contributed by atoms with Crippen LogP contribution < -0.4 is 10.1 Å². The number of nitrogens with one attached hydrogen (secondary N) is 2. The van der Waals surface area contributed by atoms with E-state index in [9.17, 15) is 4.79 Å². The number of aromatic nitrogens is 3. The highest BCUT2D eigenvalue weighted by Gasteiger charge is 2.14. The van der Waals surface area contributed by atoms with Crippen LogP contribution in [0.2, 0.25) is 0 Å². The number of anilines is 2. The lowest BCUT2D eigenvalue weighted by Crippen LogP contribution is -2.02. The maximum absolute atomic E-state index is 12.3. The van der Waals surface area contributed by atoms with Gasteiger partial charge in [0.2, 0.25) is 5.13 Å². The monoisotopic (exact) mass is 374 g/mol. The van der Waals surface area contributed by atoms with Crippen LogP contribution in [0.25, 0.3) is 0 Å². The molecule has 0 aliphatic carbocycles. The highest BCUT2D eigenvalue weighted by molar-refractivity contribution is 8.01. The molecule has 8 heteroatoms. The lowest BCUT2D eigenvalue weighted by atomic mass is 10.2. The number of thioether (sulfide) groups is 1. The van der Waals surface area contributed by atoms with Crippen molar-refractivity contribution in [3.63, 3.8) is 0 Å². The smallest absolute Gasteiger partial charge is 0.210 e. The zero-order valence-corrected chi connectivity index (χ0v) is 15.8. The number of methoxy groups -OCH3 is 1. The Morgan fingerprint density at radius 3 is 2.88 bits per heavy atom. The second-order valence-corrected chi connectivity index (χ2v) is 7.63. The van der Waals surface area contributed by atoms with Crippen LogP contribution in [0.3, 0.4) is 0 Å². The zero-order valence-electron chi connectivity index (χ0n) is 14.1. The van der Waals surface area contributed by atoms with Gasteiger partial charge in [-0.05, 0) is 32.0 Å². The summed E-state index contributed by atoms with van der Waals surface area (Å²) < 4.78 is 5.95. The summed E-state index contributed by atoms with van der Waals surface area (Å²) in [6.07, 6.45) is 0. The summed E-state index contributed by atoms with van der Waals surface area (Å²) in [5.41, 5.74) is 3.51. The molecule has 3 rings (SSSR count). The molecular formula is C17H18N4O2S2. The van der Waals surface area contributed by atoms with Crippen molar-refractivity contribution in [1.82, 2.24) is 15.2 Å². The Morgan fingerprint density at radius 2 is 2.16 bits per heavy atom. The van der Waals surface area contributed by atoms with Gasteiger partial charge >= 0.3 is 0 Å². The summed E-state index contributed by atoms with van der Waals surface area (Å²) >= 11 is 2.81. The predicted molar refractivity (Wildman–Crippen MR) is 102 cm³/mol.